The summed E-state index contributed by atoms with van der Waals surface area (Å²) in [6, 6.07) is 1.44. The molecule has 0 amide bonds. The maximum absolute atomic E-state index is 13.8. The Bertz CT molecular complexity index is 424. The van der Waals surface area contributed by atoms with Crippen LogP contribution >= 0.6 is 15.9 Å². The smallest absolute Gasteiger partial charge is 0.310 e. The van der Waals surface area contributed by atoms with E-state index in [1.807, 2.05) is 0 Å². The molecule has 20 heavy (non-hydrogen) atoms. The number of hydrogen-bond donors (Lipinski definition) is 1. The number of benzene rings is 1. The quantitative estimate of drug-likeness (QED) is 0.696. The highest BCUT2D eigenvalue weighted by atomic mass is 79.9. The molecular weight excluding hydrogens is 345 g/mol. The van der Waals surface area contributed by atoms with Gasteiger partial charge in [0.2, 0.25) is 0 Å². The van der Waals surface area contributed by atoms with Crippen LogP contribution in [-0.4, -0.2) is 12.7 Å². The predicted molar refractivity (Wildman–Crippen MR) is 70.4 cm³/mol. The van der Waals surface area contributed by atoms with Crippen LogP contribution in [0.3, 0.4) is 0 Å². The van der Waals surface area contributed by atoms with E-state index in [2.05, 4.69) is 21.2 Å². The summed E-state index contributed by atoms with van der Waals surface area (Å²) in [6.07, 6.45) is -5.39. The summed E-state index contributed by atoms with van der Waals surface area (Å²) in [4.78, 5) is 0. The van der Waals surface area contributed by atoms with Crippen molar-refractivity contribution in [1.82, 2.24) is 5.32 Å². The van der Waals surface area contributed by atoms with Crippen LogP contribution in [0.25, 0.3) is 0 Å². The van der Waals surface area contributed by atoms with Crippen molar-refractivity contribution in [3.8, 4) is 0 Å². The Kier molecular flexibility index (Phi) is 6.39. The van der Waals surface area contributed by atoms with Crippen LogP contribution in [0.5, 0.6) is 0 Å². The van der Waals surface area contributed by atoms with Gasteiger partial charge in [0.15, 0.2) is 0 Å². The lowest BCUT2D eigenvalue weighted by Crippen LogP contribution is -2.23. The summed E-state index contributed by atoms with van der Waals surface area (Å²) in [5.41, 5.74) is -0.211. The molecule has 0 saturated heterocycles. The minimum absolute atomic E-state index is 0.0167. The SMILES string of the molecule is CCNC(CCCC(F)(F)F)c1c(F)cc(Br)cc1F. The van der Waals surface area contributed by atoms with E-state index in [4.69, 9.17) is 0 Å². The predicted octanol–water partition coefficient (Wildman–Crippen LogP) is 5.11. The molecule has 0 heterocycles. The molecule has 1 aromatic rings. The fraction of sp³-hybridized carbons (Fsp3) is 0.538. The van der Waals surface area contributed by atoms with Gasteiger partial charge in [-0.3, -0.25) is 0 Å². The Morgan fingerprint density at radius 1 is 1.20 bits per heavy atom. The van der Waals surface area contributed by atoms with Gasteiger partial charge in [-0.05, 0) is 31.5 Å². The van der Waals surface area contributed by atoms with Gasteiger partial charge in [0.1, 0.15) is 11.6 Å². The molecule has 0 aliphatic carbocycles. The van der Waals surface area contributed by atoms with E-state index in [9.17, 15) is 22.0 Å². The second kappa shape index (κ2) is 7.36. The van der Waals surface area contributed by atoms with Gasteiger partial charge in [-0.15, -0.1) is 0 Å². The monoisotopic (exact) mass is 359 g/mol. The maximum Gasteiger partial charge on any atom is 0.389 e. The lowest BCUT2D eigenvalue weighted by molar-refractivity contribution is -0.135. The lowest BCUT2D eigenvalue weighted by atomic mass is 9.99. The van der Waals surface area contributed by atoms with Crippen LogP contribution in [0, 0.1) is 11.6 Å². The van der Waals surface area contributed by atoms with E-state index in [0.29, 0.717) is 6.54 Å². The summed E-state index contributed by atoms with van der Waals surface area (Å²) in [5, 5.41) is 2.82. The largest absolute Gasteiger partial charge is 0.389 e. The molecule has 0 saturated carbocycles. The second-order valence-electron chi connectivity index (χ2n) is 4.40. The molecule has 0 bridgehead atoms. The van der Waals surface area contributed by atoms with Crippen molar-refractivity contribution < 1.29 is 22.0 Å². The topological polar surface area (TPSA) is 12.0 Å². The first-order valence-electron chi connectivity index (χ1n) is 6.19. The number of alkyl halides is 3. The highest BCUT2D eigenvalue weighted by Gasteiger charge is 2.28. The number of halogens is 6. The minimum atomic E-state index is -4.26. The van der Waals surface area contributed by atoms with Gasteiger partial charge in [-0.1, -0.05) is 22.9 Å². The van der Waals surface area contributed by atoms with Crippen molar-refractivity contribution in [2.45, 2.75) is 38.4 Å². The molecule has 0 aromatic heterocycles. The Labute approximate surface area is 122 Å². The molecule has 0 fully saturated rings. The summed E-state index contributed by atoms with van der Waals surface area (Å²) in [7, 11) is 0. The average Bonchev–Trinajstić information content (AvgIpc) is 2.25. The lowest BCUT2D eigenvalue weighted by Gasteiger charge is -2.20. The van der Waals surface area contributed by atoms with Gasteiger partial charge < -0.3 is 5.32 Å². The number of rotatable bonds is 6. The van der Waals surface area contributed by atoms with E-state index in [1.165, 1.54) is 0 Å². The molecular formula is C13H15BrF5N. The fourth-order valence-electron chi connectivity index (χ4n) is 1.99. The normalized spacial score (nSPS) is 13.6. The zero-order valence-electron chi connectivity index (χ0n) is 10.8. The molecule has 1 aromatic carbocycles. The molecule has 1 N–H and O–H groups in total. The first kappa shape index (κ1) is 17.4. The van der Waals surface area contributed by atoms with Crippen molar-refractivity contribution in [3.05, 3.63) is 33.8 Å². The number of hydrogen-bond acceptors (Lipinski definition) is 1. The van der Waals surface area contributed by atoms with Crippen LogP contribution in [0.15, 0.2) is 16.6 Å². The first-order chi connectivity index (χ1) is 9.24. The van der Waals surface area contributed by atoms with Crippen molar-refractivity contribution in [2.75, 3.05) is 6.54 Å². The highest BCUT2D eigenvalue weighted by Crippen LogP contribution is 2.30. The van der Waals surface area contributed by atoms with Gasteiger partial charge in [-0.2, -0.15) is 13.2 Å². The molecule has 0 spiro atoms. The van der Waals surface area contributed by atoms with E-state index in [0.717, 1.165) is 12.1 Å². The van der Waals surface area contributed by atoms with Gasteiger partial charge in [-0.25, -0.2) is 8.78 Å². The third-order valence-electron chi connectivity index (χ3n) is 2.80. The molecule has 7 heteroatoms. The summed E-state index contributed by atoms with van der Waals surface area (Å²) in [6.45, 7) is 2.14. The molecule has 0 radical (unpaired) electrons. The molecule has 0 aliphatic rings. The molecule has 1 nitrogen and oxygen atoms in total. The third kappa shape index (κ3) is 5.36. The third-order valence-corrected chi connectivity index (χ3v) is 3.25. The molecule has 114 valence electrons. The minimum Gasteiger partial charge on any atom is -0.310 e. The molecule has 1 rings (SSSR count). The van der Waals surface area contributed by atoms with Gasteiger partial charge in [0.25, 0.3) is 0 Å². The molecule has 1 unspecified atom stereocenters. The van der Waals surface area contributed by atoms with Crippen LogP contribution in [0.2, 0.25) is 0 Å². The van der Waals surface area contributed by atoms with Crippen molar-refractivity contribution in [1.29, 1.82) is 0 Å². The zero-order valence-corrected chi connectivity index (χ0v) is 12.4. The average molecular weight is 360 g/mol. The molecule has 1 atom stereocenters. The van der Waals surface area contributed by atoms with Crippen molar-refractivity contribution in [2.24, 2.45) is 0 Å². The fourth-order valence-corrected chi connectivity index (χ4v) is 2.39. The van der Waals surface area contributed by atoms with Crippen molar-refractivity contribution >= 4 is 15.9 Å². The highest BCUT2D eigenvalue weighted by molar-refractivity contribution is 9.10. The second-order valence-corrected chi connectivity index (χ2v) is 5.32. The van der Waals surface area contributed by atoms with Crippen LogP contribution in [-0.2, 0) is 0 Å². The van der Waals surface area contributed by atoms with E-state index in [-0.39, 0.29) is 22.9 Å². The Hall–Kier alpha value is -0.690. The Balaban J connectivity index is 2.86. The van der Waals surface area contributed by atoms with E-state index >= 15 is 0 Å². The standard InChI is InChI=1S/C13H15BrF5N/c1-2-20-11(4-3-5-13(17,18)19)12-9(15)6-8(14)7-10(12)16/h6-7,11,20H,2-5H2,1H3. The summed E-state index contributed by atoms with van der Waals surface area (Å²) >= 11 is 2.96. The first-order valence-corrected chi connectivity index (χ1v) is 6.98. The molecule has 0 aliphatic heterocycles. The van der Waals surface area contributed by atoms with E-state index in [1.54, 1.807) is 6.92 Å². The van der Waals surface area contributed by atoms with Crippen LogP contribution < -0.4 is 5.32 Å². The zero-order chi connectivity index (χ0) is 15.3. The maximum atomic E-state index is 13.8. The van der Waals surface area contributed by atoms with E-state index < -0.39 is 30.3 Å². The van der Waals surface area contributed by atoms with Crippen LogP contribution in [0.4, 0.5) is 22.0 Å². The Morgan fingerprint density at radius 3 is 2.20 bits per heavy atom. The van der Waals surface area contributed by atoms with Crippen molar-refractivity contribution in [3.63, 3.8) is 0 Å². The van der Waals surface area contributed by atoms with Gasteiger partial charge >= 0.3 is 6.18 Å². The van der Waals surface area contributed by atoms with Gasteiger partial charge in [0, 0.05) is 22.5 Å². The Morgan fingerprint density at radius 2 is 1.75 bits per heavy atom. The summed E-state index contributed by atoms with van der Waals surface area (Å²) in [5.74, 6) is -1.54. The van der Waals surface area contributed by atoms with Gasteiger partial charge in [0.05, 0.1) is 0 Å². The van der Waals surface area contributed by atoms with Crippen LogP contribution in [0.1, 0.15) is 37.8 Å². The number of nitrogens with one attached hydrogen (secondary N) is 1. The summed E-state index contributed by atoms with van der Waals surface area (Å²) < 4.78 is 64.3.